The molecule has 3 aromatic rings. The molecule has 2 heterocycles. The van der Waals surface area contributed by atoms with Crippen LogP contribution in [-0.4, -0.2) is 16.5 Å². The fourth-order valence-corrected chi connectivity index (χ4v) is 3.17. The maximum Gasteiger partial charge on any atom is 0.223 e. The van der Waals surface area contributed by atoms with Gasteiger partial charge in [-0.25, -0.2) is 14.4 Å². The van der Waals surface area contributed by atoms with Gasteiger partial charge in [0.05, 0.1) is 15.9 Å². The Morgan fingerprint density at radius 3 is 2.86 bits per heavy atom. The molecule has 1 N–H and O–H groups in total. The number of rotatable bonds is 4. The van der Waals surface area contributed by atoms with Crippen LogP contribution in [0.3, 0.4) is 0 Å². The van der Waals surface area contributed by atoms with Crippen molar-refractivity contribution in [3.05, 3.63) is 41.5 Å². The van der Waals surface area contributed by atoms with E-state index in [1.807, 2.05) is 17.5 Å². The van der Waals surface area contributed by atoms with Crippen molar-refractivity contribution in [1.29, 1.82) is 0 Å². The summed E-state index contributed by atoms with van der Waals surface area (Å²) in [6, 6.07) is 8.71. The molecule has 0 atom stereocenters. The molecule has 2 aromatic heterocycles. The lowest BCUT2D eigenvalue weighted by molar-refractivity contribution is 0.631. The first-order valence-corrected chi connectivity index (χ1v) is 7.93. The molecule has 1 aliphatic rings. The first-order valence-electron chi connectivity index (χ1n) is 7.05. The number of fused-ring (bicyclic) bond motifs is 1. The zero-order valence-electron chi connectivity index (χ0n) is 11.3. The minimum Gasteiger partial charge on any atom is -0.354 e. The molecule has 1 fully saturated rings. The van der Waals surface area contributed by atoms with Crippen molar-refractivity contribution in [2.45, 2.75) is 12.8 Å². The van der Waals surface area contributed by atoms with E-state index in [0.29, 0.717) is 17.2 Å². The molecule has 0 amide bonds. The molecule has 0 spiro atoms. The summed E-state index contributed by atoms with van der Waals surface area (Å²) in [6.07, 6.45) is 2.54. The molecule has 3 nitrogen and oxygen atoms in total. The average Bonchev–Trinajstić information content (AvgIpc) is 3.21. The van der Waals surface area contributed by atoms with Crippen LogP contribution in [0.15, 0.2) is 35.7 Å². The minimum atomic E-state index is -0.251. The predicted molar refractivity (Wildman–Crippen MR) is 84.0 cm³/mol. The first-order chi connectivity index (χ1) is 10.3. The molecule has 0 saturated heterocycles. The van der Waals surface area contributed by atoms with Crippen molar-refractivity contribution in [1.82, 2.24) is 9.97 Å². The number of nitrogens with one attached hydrogen (secondary N) is 1. The minimum absolute atomic E-state index is 0.251. The molecule has 5 heteroatoms. The lowest BCUT2D eigenvalue weighted by Gasteiger charge is -2.08. The second-order valence-corrected chi connectivity index (χ2v) is 6.25. The van der Waals surface area contributed by atoms with Crippen molar-refractivity contribution in [3.8, 4) is 11.3 Å². The number of thiophene rings is 1. The van der Waals surface area contributed by atoms with Crippen LogP contribution in [0.25, 0.3) is 21.5 Å². The molecule has 21 heavy (non-hydrogen) atoms. The summed E-state index contributed by atoms with van der Waals surface area (Å²) in [5, 5.41) is 5.24. The largest absolute Gasteiger partial charge is 0.354 e. The number of benzene rings is 1. The first kappa shape index (κ1) is 12.7. The van der Waals surface area contributed by atoms with Crippen LogP contribution in [0, 0.1) is 11.7 Å². The monoisotopic (exact) mass is 299 g/mol. The molecule has 0 radical (unpaired) electrons. The highest BCUT2D eigenvalue weighted by molar-refractivity contribution is 7.17. The zero-order chi connectivity index (χ0) is 14.2. The summed E-state index contributed by atoms with van der Waals surface area (Å²) in [5.41, 5.74) is 2.07. The van der Waals surface area contributed by atoms with Crippen LogP contribution >= 0.6 is 11.3 Å². The normalized spacial score (nSPS) is 14.5. The van der Waals surface area contributed by atoms with Crippen LogP contribution < -0.4 is 5.32 Å². The third kappa shape index (κ3) is 2.49. The Balaban J connectivity index is 1.81. The lowest BCUT2D eigenvalue weighted by Crippen LogP contribution is -2.07. The van der Waals surface area contributed by atoms with Crippen LogP contribution in [0.4, 0.5) is 10.3 Å². The van der Waals surface area contributed by atoms with E-state index in [9.17, 15) is 4.39 Å². The van der Waals surface area contributed by atoms with Gasteiger partial charge in [-0.05, 0) is 42.3 Å². The highest BCUT2D eigenvalue weighted by Gasteiger charge is 2.21. The summed E-state index contributed by atoms with van der Waals surface area (Å²) in [5.74, 6) is 1.08. The molecule has 106 valence electrons. The van der Waals surface area contributed by atoms with Crippen LogP contribution in [0.2, 0.25) is 0 Å². The Morgan fingerprint density at radius 1 is 1.19 bits per heavy atom. The Kier molecular flexibility index (Phi) is 3.07. The van der Waals surface area contributed by atoms with Crippen LogP contribution in [-0.2, 0) is 0 Å². The summed E-state index contributed by atoms with van der Waals surface area (Å²) < 4.78 is 15.0. The molecule has 0 bridgehead atoms. The van der Waals surface area contributed by atoms with Crippen molar-refractivity contribution < 1.29 is 4.39 Å². The molecule has 1 saturated carbocycles. The van der Waals surface area contributed by atoms with Crippen molar-refractivity contribution in [3.63, 3.8) is 0 Å². The van der Waals surface area contributed by atoms with E-state index in [0.717, 1.165) is 22.7 Å². The number of aromatic nitrogens is 2. The SMILES string of the molecule is Fc1ccccc1-c1nc(NCC2CC2)nc2ccsc12. The van der Waals surface area contributed by atoms with Gasteiger partial charge in [0.2, 0.25) is 5.95 Å². The summed E-state index contributed by atoms with van der Waals surface area (Å²) in [6.45, 7) is 0.895. The molecular formula is C16H14FN3S. The standard InChI is InChI=1S/C16H14FN3S/c17-12-4-2-1-3-11(12)14-15-13(7-8-21-15)19-16(20-14)18-9-10-5-6-10/h1-4,7-8,10H,5-6,9H2,(H,18,19,20). The van der Waals surface area contributed by atoms with E-state index >= 15 is 0 Å². The number of anilines is 1. The van der Waals surface area contributed by atoms with Gasteiger partial charge in [-0.2, -0.15) is 0 Å². The van der Waals surface area contributed by atoms with E-state index in [4.69, 9.17) is 0 Å². The maximum atomic E-state index is 14.1. The van der Waals surface area contributed by atoms with Gasteiger partial charge in [-0.1, -0.05) is 12.1 Å². The maximum absolute atomic E-state index is 14.1. The number of hydrogen-bond acceptors (Lipinski definition) is 4. The number of hydrogen-bond donors (Lipinski definition) is 1. The Hall–Kier alpha value is -2.01. The predicted octanol–water partition coefficient (Wildman–Crippen LogP) is 4.32. The molecule has 4 rings (SSSR count). The Morgan fingerprint density at radius 2 is 2.05 bits per heavy atom. The highest BCUT2D eigenvalue weighted by Crippen LogP contribution is 2.33. The third-order valence-electron chi connectivity index (χ3n) is 3.68. The van der Waals surface area contributed by atoms with Gasteiger partial charge in [0.15, 0.2) is 0 Å². The summed E-state index contributed by atoms with van der Waals surface area (Å²) in [7, 11) is 0. The van der Waals surface area contributed by atoms with Crippen molar-refractivity contribution >= 4 is 27.5 Å². The average molecular weight is 299 g/mol. The van der Waals surface area contributed by atoms with Crippen LogP contribution in [0.5, 0.6) is 0 Å². The second-order valence-electron chi connectivity index (χ2n) is 5.33. The zero-order valence-corrected chi connectivity index (χ0v) is 12.2. The lowest BCUT2D eigenvalue weighted by atomic mass is 10.1. The number of nitrogens with zero attached hydrogens (tertiary/aromatic N) is 2. The van der Waals surface area contributed by atoms with E-state index < -0.39 is 0 Å². The Labute approximate surface area is 125 Å². The topological polar surface area (TPSA) is 37.8 Å². The summed E-state index contributed by atoms with van der Waals surface area (Å²) in [4.78, 5) is 9.07. The highest BCUT2D eigenvalue weighted by atomic mass is 32.1. The van der Waals surface area contributed by atoms with Crippen molar-refractivity contribution in [2.24, 2.45) is 5.92 Å². The third-order valence-corrected chi connectivity index (χ3v) is 4.59. The molecule has 1 aromatic carbocycles. The fraction of sp³-hybridized carbons (Fsp3) is 0.250. The van der Waals surface area contributed by atoms with Crippen LogP contribution in [0.1, 0.15) is 12.8 Å². The van der Waals surface area contributed by atoms with E-state index in [2.05, 4.69) is 15.3 Å². The van der Waals surface area contributed by atoms with Gasteiger partial charge in [-0.3, -0.25) is 0 Å². The molecule has 1 aliphatic carbocycles. The second kappa shape index (κ2) is 5.07. The smallest absolute Gasteiger partial charge is 0.223 e. The Bertz CT molecular complexity index is 795. The van der Waals surface area contributed by atoms with E-state index in [1.165, 1.54) is 18.9 Å². The van der Waals surface area contributed by atoms with E-state index in [-0.39, 0.29) is 5.82 Å². The van der Waals surface area contributed by atoms with Gasteiger partial charge >= 0.3 is 0 Å². The summed E-state index contributed by atoms with van der Waals surface area (Å²) >= 11 is 1.54. The molecule has 0 unspecified atom stereocenters. The van der Waals surface area contributed by atoms with Gasteiger partial charge in [0.25, 0.3) is 0 Å². The molecule has 0 aliphatic heterocycles. The van der Waals surface area contributed by atoms with E-state index in [1.54, 1.807) is 23.5 Å². The quantitative estimate of drug-likeness (QED) is 0.779. The van der Waals surface area contributed by atoms with Gasteiger partial charge in [0, 0.05) is 12.1 Å². The van der Waals surface area contributed by atoms with Gasteiger partial charge in [0.1, 0.15) is 5.82 Å². The number of halogens is 1. The molecular weight excluding hydrogens is 285 g/mol. The van der Waals surface area contributed by atoms with Gasteiger partial charge in [-0.15, -0.1) is 11.3 Å². The van der Waals surface area contributed by atoms with Crippen molar-refractivity contribution in [2.75, 3.05) is 11.9 Å². The van der Waals surface area contributed by atoms with Gasteiger partial charge < -0.3 is 5.32 Å². The fourth-order valence-electron chi connectivity index (χ4n) is 2.34.